The van der Waals surface area contributed by atoms with Crippen molar-refractivity contribution in [3.05, 3.63) is 35.9 Å². The molecular formula is C19H27NO3. The summed E-state index contributed by atoms with van der Waals surface area (Å²) in [6.07, 6.45) is 6.44. The number of carbonyl (C=O) groups is 1. The molecule has 0 radical (unpaired) electrons. The van der Waals surface area contributed by atoms with Crippen LogP contribution in [0.3, 0.4) is 0 Å². The van der Waals surface area contributed by atoms with Crippen molar-refractivity contribution in [2.24, 2.45) is 0 Å². The minimum absolute atomic E-state index is 0.0327. The first-order valence-corrected chi connectivity index (χ1v) is 8.73. The molecule has 0 N–H and O–H groups in total. The molecule has 3 rings (SSSR count). The Balaban J connectivity index is 1.64. The van der Waals surface area contributed by atoms with Crippen LogP contribution in [0, 0.1) is 0 Å². The molecule has 1 aromatic carbocycles. The average Bonchev–Trinajstić information content (AvgIpc) is 3.12. The zero-order chi connectivity index (χ0) is 16.1. The molecule has 2 aliphatic rings. The summed E-state index contributed by atoms with van der Waals surface area (Å²) >= 11 is 0. The lowest BCUT2D eigenvalue weighted by Crippen LogP contribution is -2.56. The summed E-state index contributed by atoms with van der Waals surface area (Å²) in [4.78, 5) is 15.3. The smallest absolute Gasteiger partial charge is 0.326 e. The van der Waals surface area contributed by atoms with Gasteiger partial charge in [-0.3, -0.25) is 9.69 Å². The molecule has 1 saturated carbocycles. The number of nitrogens with zero attached hydrogens (tertiary/aromatic N) is 1. The number of carbonyl (C=O) groups excluding carboxylic acids is 1. The first-order chi connectivity index (χ1) is 11.2. The SMILES string of the molecule is COC1CCN(C2(C(=O)OCc3ccccc3)CCCC2)CC1. The Morgan fingerprint density at radius 3 is 2.43 bits per heavy atom. The van der Waals surface area contributed by atoms with Crippen LogP contribution in [0.5, 0.6) is 0 Å². The van der Waals surface area contributed by atoms with Gasteiger partial charge in [-0.05, 0) is 31.2 Å². The number of likely N-dealkylation sites (tertiary alicyclic amines) is 1. The number of methoxy groups -OCH3 is 1. The minimum Gasteiger partial charge on any atom is -0.459 e. The normalized spacial score (nSPS) is 22.1. The average molecular weight is 317 g/mol. The predicted octanol–water partition coefficient (Wildman–Crippen LogP) is 3.15. The molecular weight excluding hydrogens is 290 g/mol. The molecule has 0 aromatic heterocycles. The fourth-order valence-electron chi connectivity index (χ4n) is 3.99. The standard InChI is InChI=1S/C19H27NO3/c1-22-17-9-13-20(14-10-17)19(11-5-6-12-19)18(21)23-15-16-7-3-2-4-8-16/h2-4,7-8,17H,5-6,9-15H2,1H3. The molecule has 0 amide bonds. The van der Waals surface area contributed by atoms with E-state index >= 15 is 0 Å². The molecule has 0 spiro atoms. The highest BCUT2D eigenvalue weighted by Gasteiger charge is 2.48. The van der Waals surface area contributed by atoms with Crippen LogP contribution in [-0.4, -0.2) is 42.7 Å². The van der Waals surface area contributed by atoms with Crippen molar-refractivity contribution in [2.75, 3.05) is 20.2 Å². The van der Waals surface area contributed by atoms with E-state index in [4.69, 9.17) is 9.47 Å². The zero-order valence-corrected chi connectivity index (χ0v) is 14.0. The van der Waals surface area contributed by atoms with Gasteiger partial charge in [0.1, 0.15) is 12.1 Å². The Kier molecular flexibility index (Phi) is 5.34. The van der Waals surface area contributed by atoms with E-state index in [0.29, 0.717) is 12.7 Å². The van der Waals surface area contributed by atoms with E-state index in [0.717, 1.165) is 57.2 Å². The third kappa shape index (κ3) is 3.59. The Morgan fingerprint density at radius 2 is 1.83 bits per heavy atom. The number of hydrogen-bond acceptors (Lipinski definition) is 4. The van der Waals surface area contributed by atoms with Gasteiger partial charge in [0.25, 0.3) is 0 Å². The molecule has 4 heteroatoms. The predicted molar refractivity (Wildman–Crippen MR) is 89.0 cm³/mol. The quantitative estimate of drug-likeness (QED) is 0.782. The largest absolute Gasteiger partial charge is 0.459 e. The van der Waals surface area contributed by atoms with Crippen molar-refractivity contribution in [2.45, 2.75) is 56.8 Å². The molecule has 4 nitrogen and oxygen atoms in total. The second-order valence-corrected chi connectivity index (χ2v) is 6.72. The van der Waals surface area contributed by atoms with Crippen LogP contribution < -0.4 is 0 Å². The summed E-state index contributed by atoms with van der Waals surface area (Å²) in [6.45, 7) is 2.23. The summed E-state index contributed by atoms with van der Waals surface area (Å²) in [6, 6.07) is 9.93. The summed E-state index contributed by atoms with van der Waals surface area (Å²) in [7, 11) is 1.78. The molecule has 0 unspecified atom stereocenters. The van der Waals surface area contributed by atoms with E-state index in [2.05, 4.69) is 4.90 Å². The molecule has 1 aromatic rings. The third-order valence-corrected chi connectivity index (χ3v) is 5.40. The van der Waals surface area contributed by atoms with Gasteiger partial charge in [0.2, 0.25) is 0 Å². The molecule has 0 atom stereocenters. The first kappa shape index (κ1) is 16.5. The number of ether oxygens (including phenoxy) is 2. The van der Waals surface area contributed by atoms with E-state index in [9.17, 15) is 4.79 Å². The van der Waals surface area contributed by atoms with Crippen molar-refractivity contribution >= 4 is 5.97 Å². The maximum atomic E-state index is 12.9. The maximum Gasteiger partial charge on any atom is 0.326 e. The molecule has 1 heterocycles. The highest BCUT2D eigenvalue weighted by molar-refractivity contribution is 5.81. The van der Waals surface area contributed by atoms with E-state index < -0.39 is 5.54 Å². The summed E-state index contributed by atoms with van der Waals surface area (Å²) in [5, 5.41) is 0. The number of esters is 1. The van der Waals surface area contributed by atoms with Gasteiger partial charge >= 0.3 is 5.97 Å². The van der Waals surface area contributed by atoms with E-state index in [1.54, 1.807) is 7.11 Å². The fraction of sp³-hybridized carbons (Fsp3) is 0.632. The summed E-state index contributed by atoms with van der Waals surface area (Å²) < 4.78 is 11.2. The third-order valence-electron chi connectivity index (χ3n) is 5.40. The first-order valence-electron chi connectivity index (χ1n) is 8.73. The lowest BCUT2D eigenvalue weighted by atomic mass is 9.91. The van der Waals surface area contributed by atoms with E-state index in [1.165, 1.54) is 0 Å². The van der Waals surface area contributed by atoms with Gasteiger partial charge in [0.15, 0.2) is 0 Å². The van der Waals surface area contributed by atoms with Gasteiger partial charge < -0.3 is 9.47 Å². The Hall–Kier alpha value is -1.39. The Morgan fingerprint density at radius 1 is 1.17 bits per heavy atom. The van der Waals surface area contributed by atoms with Crippen molar-refractivity contribution < 1.29 is 14.3 Å². The molecule has 23 heavy (non-hydrogen) atoms. The van der Waals surface area contributed by atoms with Crippen LogP contribution in [0.1, 0.15) is 44.1 Å². The number of hydrogen-bond donors (Lipinski definition) is 0. The van der Waals surface area contributed by atoms with Crippen LogP contribution in [0.2, 0.25) is 0 Å². The lowest BCUT2D eigenvalue weighted by Gasteiger charge is -2.42. The second-order valence-electron chi connectivity index (χ2n) is 6.72. The highest BCUT2D eigenvalue weighted by Crippen LogP contribution is 2.38. The Labute approximate surface area is 138 Å². The van der Waals surface area contributed by atoms with Gasteiger partial charge in [0, 0.05) is 20.2 Å². The fourth-order valence-corrected chi connectivity index (χ4v) is 3.99. The van der Waals surface area contributed by atoms with Gasteiger partial charge in [0.05, 0.1) is 6.10 Å². The summed E-state index contributed by atoms with van der Waals surface area (Å²) in [5.41, 5.74) is 0.653. The number of benzene rings is 1. The Bertz CT molecular complexity index is 503. The molecule has 1 saturated heterocycles. The number of rotatable bonds is 5. The van der Waals surface area contributed by atoms with Crippen LogP contribution in [0.4, 0.5) is 0 Å². The van der Waals surface area contributed by atoms with Gasteiger partial charge in [-0.25, -0.2) is 0 Å². The second kappa shape index (κ2) is 7.45. The van der Waals surface area contributed by atoms with Crippen LogP contribution in [-0.2, 0) is 20.9 Å². The summed E-state index contributed by atoms with van der Waals surface area (Å²) in [5.74, 6) is -0.0327. The topological polar surface area (TPSA) is 38.8 Å². The van der Waals surface area contributed by atoms with Gasteiger partial charge in [-0.15, -0.1) is 0 Å². The monoisotopic (exact) mass is 317 g/mol. The van der Waals surface area contributed by atoms with Crippen molar-refractivity contribution in [3.63, 3.8) is 0 Å². The highest BCUT2D eigenvalue weighted by atomic mass is 16.5. The molecule has 0 bridgehead atoms. The molecule has 1 aliphatic carbocycles. The van der Waals surface area contributed by atoms with Gasteiger partial charge in [-0.1, -0.05) is 43.2 Å². The molecule has 126 valence electrons. The van der Waals surface area contributed by atoms with E-state index in [-0.39, 0.29) is 5.97 Å². The lowest BCUT2D eigenvalue weighted by molar-refractivity contribution is -0.161. The molecule has 1 aliphatic heterocycles. The van der Waals surface area contributed by atoms with Crippen LogP contribution >= 0.6 is 0 Å². The maximum absolute atomic E-state index is 12.9. The van der Waals surface area contributed by atoms with Crippen LogP contribution in [0.25, 0.3) is 0 Å². The number of piperidine rings is 1. The van der Waals surface area contributed by atoms with Gasteiger partial charge in [-0.2, -0.15) is 0 Å². The van der Waals surface area contributed by atoms with Crippen molar-refractivity contribution in [3.8, 4) is 0 Å². The van der Waals surface area contributed by atoms with Crippen molar-refractivity contribution in [1.29, 1.82) is 0 Å². The minimum atomic E-state index is -0.395. The molecule has 2 fully saturated rings. The van der Waals surface area contributed by atoms with Crippen molar-refractivity contribution in [1.82, 2.24) is 4.90 Å². The van der Waals surface area contributed by atoms with Crippen LogP contribution in [0.15, 0.2) is 30.3 Å². The van der Waals surface area contributed by atoms with E-state index in [1.807, 2.05) is 30.3 Å². The zero-order valence-electron chi connectivity index (χ0n) is 14.0.